The van der Waals surface area contributed by atoms with Crippen LogP contribution in [0.4, 0.5) is 5.82 Å². The average molecular weight is 236 g/mol. The number of hydrogen-bond donors (Lipinski definition) is 3. The summed E-state index contributed by atoms with van der Waals surface area (Å²) >= 11 is 0. The molecule has 1 unspecified atom stereocenters. The number of pyridine rings is 1. The first kappa shape index (κ1) is 11.8. The summed E-state index contributed by atoms with van der Waals surface area (Å²) in [5.74, 6) is 0.182. The zero-order chi connectivity index (χ0) is 12.1. The summed E-state index contributed by atoms with van der Waals surface area (Å²) < 4.78 is 5.53. The molecule has 92 valence electrons. The highest BCUT2D eigenvalue weighted by Crippen LogP contribution is 2.07. The van der Waals surface area contributed by atoms with Crippen LogP contribution in [0, 0.1) is 0 Å². The zero-order valence-corrected chi connectivity index (χ0v) is 9.48. The number of amides is 1. The van der Waals surface area contributed by atoms with Gasteiger partial charge in [-0.3, -0.25) is 4.79 Å². The lowest BCUT2D eigenvalue weighted by atomic mass is 10.2. The number of carbonyl (C=O) groups excluding carboxylic acids is 1. The molecule has 6 heteroatoms. The van der Waals surface area contributed by atoms with Crippen LogP contribution < -0.4 is 16.4 Å². The minimum atomic E-state index is -0.453. The fourth-order valence-electron chi connectivity index (χ4n) is 1.65. The van der Waals surface area contributed by atoms with E-state index in [9.17, 15) is 4.79 Å². The third-order valence-electron chi connectivity index (χ3n) is 2.56. The van der Waals surface area contributed by atoms with Gasteiger partial charge in [0.15, 0.2) is 0 Å². The van der Waals surface area contributed by atoms with Crippen LogP contribution in [0.1, 0.15) is 10.4 Å². The zero-order valence-electron chi connectivity index (χ0n) is 9.48. The number of rotatable bonds is 4. The van der Waals surface area contributed by atoms with Crippen molar-refractivity contribution in [1.29, 1.82) is 0 Å². The number of aromatic nitrogens is 1. The molecule has 1 saturated heterocycles. The number of hydrogen-bond acceptors (Lipinski definition) is 5. The highest BCUT2D eigenvalue weighted by atomic mass is 16.5. The second-order valence-corrected chi connectivity index (χ2v) is 3.87. The first-order valence-corrected chi connectivity index (χ1v) is 5.58. The smallest absolute Gasteiger partial charge is 0.248 e. The van der Waals surface area contributed by atoms with Crippen molar-refractivity contribution in [3.05, 3.63) is 23.9 Å². The van der Waals surface area contributed by atoms with Crippen LogP contribution in [0.2, 0.25) is 0 Å². The Hall–Kier alpha value is -1.66. The third kappa shape index (κ3) is 3.40. The van der Waals surface area contributed by atoms with Gasteiger partial charge in [-0.2, -0.15) is 0 Å². The maximum absolute atomic E-state index is 11.0. The second-order valence-electron chi connectivity index (χ2n) is 3.87. The van der Waals surface area contributed by atoms with E-state index in [4.69, 9.17) is 10.5 Å². The molecule has 1 aliphatic heterocycles. The fraction of sp³-hybridized carbons (Fsp3) is 0.455. The Morgan fingerprint density at radius 2 is 2.59 bits per heavy atom. The van der Waals surface area contributed by atoms with Crippen molar-refractivity contribution < 1.29 is 9.53 Å². The average Bonchev–Trinajstić information content (AvgIpc) is 2.38. The van der Waals surface area contributed by atoms with Gasteiger partial charge in [-0.15, -0.1) is 0 Å². The van der Waals surface area contributed by atoms with Gasteiger partial charge >= 0.3 is 0 Å². The van der Waals surface area contributed by atoms with Gasteiger partial charge in [-0.05, 0) is 12.1 Å². The van der Waals surface area contributed by atoms with E-state index in [0.717, 1.165) is 19.7 Å². The molecule has 1 aromatic heterocycles. The van der Waals surface area contributed by atoms with E-state index in [2.05, 4.69) is 15.6 Å². The van der Waals surface area contributed by atoms with Crippen molar-refractivity contribution >= 4 is 11.7 Å². The van der Waals surface area contributed by atoms with Crippen molar-refractivity contribution in [2.75, 3.05) is 31.6 Å². The van der Waals surface area contributed by atoms with Gasteiger partial charge in [-0.1, -0.05) is 0 Å². The van der Waals surface area contributed by atoms with Crippen LogP contribution in [0.3, 0.4) is 0 Å². The summed E-state index contributed by atoms with van der Waals surface area (Å²) in [7, 11) is 0. The van der Waals surface area contributed by atoms with E-state index in [-0.39, 0.29) is 6.10 Å². The molecule has 0 radical (unpaired) electrons. The quantitative estimate of drug-likeness (QED) is 0.660. The van der Waals surface area contributed by atoms with Gasteiger partial charge in [0.25, 0.3) is 0 Å². The summed E-state index contributed by atoms with van der Waals surface area (Å²) in [4.78, 5) is 15.1. The summed E-state index contributed by atoms with van der Waals surface area (Å²) in [6.07, 6.45) is 1.69. The van der Waals surface area contributed by atoms with Crippen molar-refractivity contribution in [3.8, 4) is 0 Å². The number of anilines is 1. The number of nitrogens with one attached hydrogen (secondary N) is 2. The third-order valence-corrected chi connectivity index (χ3v) is 2.56. The minimum absolute atomic E-state index is 0.128. The van der Waals surface area contributed by atoms with Crippen LogP contribution in [0.25, 0.3) is 0 Å². The van der Waals surface area contributed by atoms with Crippen molar-refractivity contribution in [1.82, 2.24) is 10.3 Å². The SMILES string of the molecule is NC(=O)c1ccnc(NCC2CNCCO2)c1. The van der Waals surface area contributed by atoms with E-state index >= 15 is 0 Å². The fourth-order valence-corrected chi connectivity index (χ4v) is 1.65. The molecule has 0 bridgehead atoms. The van der Waals surface area contributed by atoms with Gasteiger partial charge in [0.05, 0.1) is 12.7 Å². The van der Waals surface area contributed by atoms with Gasteiger partial charge in [-0.25, -0.2) is 4.98 Å². The molecule has 0 aromatic carbocycles. The van der Waals surface area contributed by atoms with E-state index in [0.29, 0.717) is 17.9 Å². The molecular formula is C11H16N4O2. The number of nitrogens with two attached hydrogens (primary N) is 1. The van der Waals surface area contributed by atoms with E-state index in [1.54, 1.807) is 18.3 Å². The van der Waals surface area contributed by atoms with Gasteiger partial charge in [0.2, 0.25) is 5.91 Å². The lowest BCUT2D eigenvalue weighted by Gasteiger charge is -2.23. The second kappa shape index (κ2) is 5.60. The number of carbonyl (C=O) groups is 1. The van der Waals surface area contributed by atoms with Crippen LogP contribution in [-0.2, 0) is 4.74 Å². The molecule has 1 aliphatic rings. The summed E-state index contributed by atoms with van der Waals surface area (Å²) in [5.41, 5.74) is 5.64. The van der Waals surface area contributed by atoms with Crippen molar-refractivity contribution in [2.24, 2.45) is 5.73 Å². The maximum Gasteiger partial charge on any atom is 0.248 e. The normalized spacial score (nSPS) is 19.9. The first-order chi connectivity index (χ1) is 8.25. The Morgan fingerprint density at radius 3 is 3.29 bits per heavy atom. The molecule has 0 saturated carbocycles. The highest BCUT2D eigenvalue weighted by Gasteiger charge is 2.13. The van der Waals surface area contributed by atoms with E-state index < -0.39 is 5.91 Å². The molecule has 0 spiro atoms. The van der Waals surface area contributed by atoms with E-state index in [1.165, 1.54) is 0 Å². The summed E-state index contributed by atoms with van der Waals surface area (Å²) in [6, 6.07) is 3.23. The number of primary amides is 1. The molecule has 2 heterocycles. The molecule has 1 atom stereocenters. The van der Waals surface area contributed by atoms with Crippen molar-refractivity contribution in [2.45, 2.75) is 6.10 Å². The maximum atomic E-state index is 11.0. The largest absolute Gasteiger partial charge is 0.374 e. The molecule has 0 aliphatic carbocycles. The monoisotopic (exact) mass is 236 g/mol. The predicted molar refractivity (Wildman–Crippen MR) is 63.9 cm³/mol. The molecule has 17 heavy (non-hydrogen) atoms. The van der Waals surface area contributed by atoms with Crippen LogP contribution >= 0.6 is 0 Å². The molecular weight excluding hydrogens is 220 g/mol. The lowest BCUT2D eigenvalue weighted by Crippen LogP contribution is -2.42. The molecule has 1 amide bonds. The summed E-state index contributed by atoms with van der Waals surface area (Å²) in [6.45, 7) is 3.09. The molecule has 2 rings (SSSR count). The Kier molecular flexibility index (Phi) is 3.89. The molecule has 4 N–H and O–H groups in total. The summed E-state index contributed by atoms with van der Waals surface area (Å²) in [5, 5.41) is 6.37. The molecule has 1 fully saturated rings. The van der Waals surface area contributed by atoms with Gasteiger partial charge < -0.3 is 21.1 Å². The number of nitrogens with zero attached hydrogens (tertiary/aromatic N) is 1. The first-order valence-electron chi connectivity index (χ1n) is 5.58. The Morgan fingerprint density at radius 1 is 1.71 bits per heavy atom. The number of morpholine rings is 1. The lowest BCUT2D eigenvalue weighted by molar-refractivity contribution is 0.0372. The van der Waals surface area contributed by atoms with Crippen LogP contribution in [0.5, 0.6) is 0 Å². The topological polar surface area (TPSA) is 89.3 Å². The van der Waals surface area contributed by atoms with E-state index in [1.807, 2.05) is 0 Å². The molecule has 1 aromatic rings. The molecule has 6 nitrogen and oxygen atoms in total. The highest BCUT2D eigenvalue weighted by molar-refractivity contribution is 5.93. The predicted octanol–water partition coefficient (Wildman–Crippen LogP) is -0.419. The number of ether oxygens (including phenoxy) is 1. The van der Waals surface area contributed by atoms with Crippen LogP contribution in [0.15, 0.2) is 18.3 Å². The Balaban J connectivity index is 1.89. The van der Waals surface area contributed by atoms with Gasteiger partial charge in [0.1, 0.15) is 5.82 Å². The standard InChI is InChI=1S/C11H16N4O2/c12-11(16)8-1-2-14-10(5-8)15-7-9-6-13-3-4-17-9/h1-2,5,9,13H,3-4,6-7H2,(H2,12,16)(H,14,15). The van der Waals surface area contributed by atoms with Crippen molar-refractivity contribution in [3.63, 3.8) is 0 Å². The Labute approximate surface area is 99.5 Å². The van der Waals surface area contributed by atoms with Gasteiger partial charge in [0, 0.05) is 31.4 Å². The minimum Gasteiger partial charge on any atom is -0.374 e. The van der Waals surface area contributed by atoms with Crippen LogP contribution in [-0.4, -0.2) is 43.2 Å². The Bertz CT molecular complexity index is 391.